The van der Waals surface area contributed by atoms with Gasteiger partial charge in [0.1, 0.15) is 18.9 Å². The zero-order chi connectivity index (χ0) is 43.1. The van der Waals surface area contributed by atoms with E-state index in [9.17, 15) is 14.4 Å². The predicted molar refractivity (Wildman–Crippen MR) is 240 cm³/mol. The van der Waals surface area contributed by atoms with Gasteiger partial charge in [-0.2, -0.15) is 30.1 Å². The van der Waals surface area contributed by atoms with Crippen molar-refractivity contribution in [3.8, 4) is 0 Å². The Kier molecular flexibility index (Phi) is 20.8. The molecule has 12 heteroatoms. The molecule has 0 fully saturated rings. The Hall–Kier alpha value is -5.04. The maximum atomic E-state index is 12.1. The van der Waals surface area contributed by atoms with Crippen LogP contribution in [0.2, 0.25) is 0 Å². The quantitative estimate of drug-likeness (QED) is 0.0282. The van der Waals surface area contributed by atoms with Crippen LogP contribution in [0.25, 0.3) is 0 Å². The van der Waals surface area contributed by atoms with Crippen molar-refractivity contribution in [2.45, 2.75) is 156 Å². The van der Waals surface area contributed by atoms with Gasteiger partial charge in [0.2, 0.25) is 0 Å². The minimum absolute atomic E-state index is 0.116. The Morgan fingerprint density at radius 3 is 0.967 bits per heavy atom. The molecule has 3 aromatic carbocycles. The monoisotopic (exact) mass is 823 g/mol. The summed E-state index contributed by atoms with van der Waals surface area (Å²) in [5.41, 5.74) is 2.99. The van der Waals surface area contributed by atoms with Crippen LogP contribution in [0, 0.1) is 0 Å². The summed E-state index contributed by atoms with van der Waals surface area (Å²) in [6.07, 6.45) is 15.6. The minimum atomic E-state index is -0.209. The Bertz CT molecular complexity index is 1670. The number of hydrogen-bond donors (Lipinski definition) is 0. The Labute approximate surface area is 357 Å². The maximum Gasteiger partial charge on any atom is 0.261 e. The number of benzene rings is 3. The fourth-order valence-corrected chi connectivity index (χ4v) is 6.77. The molecule has 0 saturated carbocycles. The molecule has 3 unspecified atom stereocenters. The molecule has 0 aliphatic rings. The van der Waals surface area contributed by atoms with Gasteiger partial charge in [-0.15, -0.1) is 0 Å². The molecule has 4 aromatic rings. The van der Waals surface area contributed by atoms with E-state index in [1.165, 1.54) is 0 Å². The lowest BCUT2D eigenvalue weighted by Crippen LogP contribution is -2.33. The molecule has 324 valence electrons. The van der Waals surface area contributed by atoms with Gasteiger partial charge in [-0.1, -0.05) is 136 Å². The normalized spacial score (nSPS) is 12.7. The fraction of sp³-hybridized carbons (Fsp3) is 0.500. The summed E-state index contributed by atoms with van der Waals surface area (Å²) >= 11 is 0. The summed E-state index contributed by atoms with van der Waals surface area (Å²) in [6, 6.07) is 21.3. The van der Waals surface area contributed by atoms with E-state index in [2.05, 4.69) is 41.5 Å². The lowest BCUT2D eigenvalue weighted by atomic mass is 10.1. The summed E-state index contributed by atoms with van der Waals surface area (Å²) in [4.78, 5) is 72.3. The van der Waals surface area contributed by atoms with E-state index in [1.54, 1.807) is 69.8 Å². The highest BCUT2D eigenvalue weighted by atomic mass is 16.7. The molecule has 0 radical (unpaired) electrons. The summed E-state index contributed by atoms with van der Waals surface area (Å²) < 4.78 is 0. The van der Waals surface area contributed by atoms with Crippen LogP contribution in [-0.2, 0) is 14.5 Å². The van der Waals surface area contributed by atoms with Gasteiger partial charge in [0.25, 0.3) is 17.8 Å². The predicted octanol–water partition coefficient (Wildman–Crippen LogP) is 12.6. The van der Waals surface area contributed by atoms with E-state index in [-0.39, 0.29) is 36.2 Å². The zero-order valence-electron chi connectivity index (χ0n) is 36.6. The summed E-state index contributed by atoms with van der Waals surface area (Å²) in [7, 11) is 0. The molecule has 0 bridgehead atoms. The van der Waals surface area contributed by atoms with E-state index in [0.29, 0.717) is 53.0 Å². The average molecular weight is 823 g/mol. The minimum Gasteiger partial charge on any atom is -0.298 e. The third-order valence-corrected chi connectivity index (χ3v) is 10.4. The van der Waals surface area contributed by atoms with E-state index in [4.69, 9.17) is 29.5 Å². The van der Waals surface area contributed by atoms with Gasteiger partial charge in [0.05, 0.1) is 35.4 Å². The topological polar surface area (TPSA) is 127 Å². The molecule has 0 amide bonds. The van der Waals surface area contributed by atoms with E-state index in [1.807, 2.05) is 18.2 Å². The van der Waals surface area contributed by atoms with Gasteiger partial charge in [-0.25, -0.2) is 0 Å². The number of aldehydes is 3. The van der Waals surface area contributed by atoms with Crippen molar-refractivity contribution >= 4 is 53.8 Å². The molecule has 0 N–H and O–H groups in total. The van der Waals surface area contributed by atoms with Crippen LogP contribution >= 0.6 is 0 Å². The first kappa shape index (κ1) is 47.6. The van der Waals surface area contributed by atoms with Crippen LogP contribution < -0.4 is 15.2 Å². The lowest BCUT2D eigenvalue weighted by molar-refractivity contribution is 0.0343. The average Bonchev–Trinajstić information content (AvgIpc) is 3.29. The molecular formula is C48H66N6O6. The number of hydrogen-bond acceptors (Lipinski definition) is 12. The Balaban J connectivity index is 2.06. The lowest BCUT2D eigenvalue weighted by Gasteiger charge is -2.32. The van der Waals surface area contributed by atoms with Gasteiger partial charge in [0.15, 0.2) is 0 Å². The van der Waals surface area contributed by atoms with Crippen molar-refractivity contribution in [2.75, 3.05) is 15.2 Å². The molecule has 0 aliphatic carbocycles. The van der Waals surface area contributed by atoms with Crippen LogP contribution in [0.1, 0.15) is 169 Å². The van der Waals surface area contributed by atoms with Crippen LogP contribution in [-0.4, -0.2) is 52.1 Å². The van der Waals surface area contributed by atoms with Crippen molar-refractivity contribution < 1.29 is 28.9 Å². The zero-order valence-corrected chi connectivity index (χ0v) is 36.6. The molecule has 0 aliphatic heterocycles. The second-order valence-electron chi connectivity index (χ2n) is 15.2. The molecular weight excluding hydrogens is 757 g/mol. The van der Waals surface area contributed by atoms with Crippen LogP contribution in [0.4, 0.5) is 34.9 Å². The highest BCUT2D eigenvalue weighted by Crippen LogP contribution is 2.35. The maximum absolute atomic E-state index is 12.1. The third-order valence-electron chi connectivity index (χ3n) is 10.4. The number of aromatic nitrogens is 3. The Morgan fingerprint density at radius 1 is 0.450 bits per heavy atom. The van der Waals surface area contributed by atoms with Gasteiger partial charge in [-0.3, -0.25) is 28.9 Å². The van der Waals surface area contributed by atoms with Crippen molar-refractivity contribution in [1.82, 2.24) is 15.0 Å². The fourth-order valence-electron chi connectivity index (χ4n) is 6.77. The Morgan fingerprint density at radius 2 is 0.733 bits per heavy atom. The number of unbranched alkanes of at least 4 members (excludes halogenated alkanes) is 6. The number of carbonyl (C=O) groups excluding carboxylic acids is 3. The van der Waals surface area contributed by atoms with Crippen LogP contribution in [0.3, 0.4) is 0 Å². The molecule has 4 rings (SSSR count). The molecule has 3 atom stereocenters. The van der Waals surface area contributed by atoms with Gasteiger partial charge in [0, 0.05) is 16.7 Å². The first-order valence-electron chi connectivity index (χ1n) is 22.2. The van der Waals surface area contributed by atoms with Crippen molar-refractivity contribution in [3.05, 3.63) is 89.5 Å². The highest BCUT2D eigenvalue weighted by molar-refractivity contribution is 5.79. The van der Waals surface area contributed by atoms with E-state index < -0.39 is 0 Å². The molecule has 12 nitrogen and oxygen atoms in total. The first-order valence-corrected chi connectivity index (χ1v) is 22.2. The first-order chi connectivity index (χ1) is 29.3. The summed E-state index contributed by atoms with van der Waals surface area (Å²) in [6.45, 7) is 12.8. The number of rotatable bonds is 30. The van der Waals surface area contributed by atoms with E-state index >= 15 is 0 Å². The van der Waals surface area contributed by atoms with Crippen LogP contribution in [0.15, 0.2) is 72.8 Å². The smallest absolute Gasteiger partial charge is 0.261 e. The van der Waals surface area contributed by atoms with Gasteiger partial charge < -0.3 is 0 Å². The molecule has 1 heterocycles. The second-order valence-corrected chi connectivity index (χ2v) is 15.2. The van der Waals surface area contributed by atoms with Gasteiger partial charge >= 0.3 is 0 Å². The van der Waals surface area contributed by atoms with Crippen molar-refractivity contribution in [1.29, 1.82) is 0 Å². The SMILES string of the molecule is CCCCCC(CC)ON(c1cccc(C=O)c1)c1nc(N(OC(CC)CCCCC)c2cccc(C=O)c2)nc(N(OC(CC)CCCCC)c2cccc(C=O)c2)n1. The molecule has 0 spiro atoms. The summed E-state index contributed by atoms with van der Waals surface area (Å²) in [5.74, 6) is 0.348. The molecule has 1 aromatic heterocycles. The van der Waals surface area contributed by atoms with Gasteiger partial charge in [-0.05, 0) is 74.9 Å². The number of nitrogens with zero attached hydrogens (tertiary/aromatic N) is 6. The molecule has 60 heavy (non-hydrogen) atoms. The third kappa shape index (κ3) is 14.3. The largest absolute Gasteiger partial charge is 0.298 e. The second kappa shape index (κ2) is 26.2. The number of carbonyl (C=O) groups is 3. The standard InChI is InChI=1S/C48H66N6O6/c1-7-13-16-28-43(10-4)58-52(40-25-19-22-37(31-40)34-55)46-49-47(53(41-26-20-23-38(32-41)35-56)59-44(11-5)29-17-14-8-2)51-48(50-46)54(42-27-21-24-39(33-42)36-57)60-45(12-6)30-18-15-9-3/h19-27,31-36,43-45H,7-18,28-30H2,1-6H3. The molecule has 0 saturated heterocycles. The number of anilines is 6. The van der Waals surface area contributed by atoms with Crippen LogP contribution in [0.5, 0.6) is 0 Å². The van der Waals surface area contributed by atoms with Crippen molar-refractivity contribution in [3.63, 3.8) is 0 Å². The highest BCUT2D eigenvalue weighted by Gasteiger charge is 2.29. The summed E-state index contributed by atoms with van der Waals surface area (Å²) in [5, 5.41) is 4.71. The van der Waals surface area contributed by atoms with Crippen molar-refractivity contribution in [2.24, 2.45) is 0 Å². The van der Waals surface area contributed by atoms with E-state index in [0.717, 1.165) is 95.9 Å².